The van der Waals surface area contributed by atoms with E-state index in [9.17, 15) is 14.3 Å². The van der Waals surface area contributed by atoms with E-state index in [1.165, 1.54) is 12.1 Å². The van der Waals surface area contributed by atoms with Crippen LogP contribution in [-0.2, 0) is 6.54 Å². The third-order valence-electron chi connectivity index (χ3n) is 5.24. The summed E-state index contributed by atoms with van der Waals surface area (Å²) >= 11 is 0. The Hall–Kier alpha value is -2.40. The van der Waals surface area contributed by atoms with Crippen molar-refractivity contribution in [3.05, 3.63) is 65.5 Å². The van der Waals surface area contributed by atoms with Crippen LogP contribution in [0.15, 0.2) is 48.5 Å². The maximum absolute atomic E-state index is 13.2. The topological polar surface area (TPSA) is 43.8 Å². The quantitative estimate of drug-likeness (QED) is 0.888. The normalized spacial score (nSPS) is 18.5. The van der Waals surface area contributed by atoms with Crippen LogP contribution in [0.25, 0.3) is 0 Å². The lowest BCUT2D eigenvalue weighted by atomic mass is 10.0. The molecule has 2 aromatic rings. The predicted molar refractivity (Wildman–Crippen MR) is 104 cm³/mol. The molecule has 1 amide bonds. The SMILES string of the molecule is CC(C)[C@H]1CN(C(=O)c2ccccc2O)CCCN1Cc1ccc(F)cc1. The van der Waals surface area contributed by atoms with Gasteiger partial charge in [-0.15, -0.1) is 0 Å². The Balaban J connectivity index is 1.77. The molecule has 1 heterocycles. The van der Waals surface area contributed by atoms with Gasteiger partial charge < -0.3 is 10.0 Å². The van der Waals surface area contributed by atoms with Crippen LogP contribution in [0.4, 0.5) is 4.39 Å². The zero-order valence-corrected chi connectivity index (χ0v) is 15.9. The second kappa shape index (κ2) is 8.53. The third-order valence-corrected chi connectivity index (χ3v) is 5.24. The van der Waals surface area contributed by atoms with Crippen molar-refractivity contribution < 1.29 is 14.3 Å². The largest absolute Gasteiger partial charge is 0.507 e. The molecule has 1 aliphatic heterocycles. The molecule has 0 aromatic heterocycles. The fourth-order valence-electron chi connectivity index (χ4n) is 3.73. The highest BCUT2D eigenvalue weighted by molar-refractivity contribution is 5.96. The van der Waals surface area contributed by atoms with E-state index >= 15 is 0 Å². The number of phenols is 1. The molecule has 0 saturated carbocycles. The van der Waals surface area contributed by atoms with E-state index in [2.05, 4.69) is 18.7 Å². The van der Waals surface area contributed by atoms with Crippen LogP contribution in [0, 0.1) is 11.7 Å². The number of rotatable bonds is 4. The summed E-state index contributed by atoms with van der Waals surface area (Å²) in [7, 11) is 0. The number of nitrogens with zero attached hydrogens (tertiary/aromatic N) is 2. The van der Waals surface area contributed by atoms with Gasteiger partial charge in [-0.2, -0.15) is 0 Å². The van der Waals surface area contributed by atoms with Crippen molar-refractivity contribution in [1.29, 1.82) is 0 Å². The van der Waals surface area contributed by atoms with Crippen molar-refractivity contribution in [3.63, 3.8) is 0 Å². The fraction of sp³-hybridized carbons (Fsp3) is 0.409. The summed E-state index contributed by atoms with van der Waals surface area (Å²) in [6, 6.07) is 13.5. The number of carbonyl (C=O) groups is 1. The summed E-state index contributed by atoms with van der Waals surface area (Å²) in [5, 5.41) is 10.0. The van der Waals surface area contributed by atoms with Gasteiger partial charge in [-0.05, 0) is 42.2 Å². The van der Waals surface area contributed by atoms with Crippen molar-refractivity contribution in [2.45, 2.75) is 32.9 Å². The standard InChI is InChI=1S/C22H27FN2O2/c1-16(2)20-15-25(22(27)19-6-3-4-7-21(19)26)13-5-12-24(20)14-17-8-10-18(23)11-9-17/h3-4,6-11,16,20,26H,5,12-15H2,1-2H3/t20-/m1/s1. The van der Waals surface area contributed by atoms with E-state index in [1.807, 2.05) is 17.0 Å². The molecule has 0 bridgehead atoms. The number of para-hydroxylation sites is 1. The summed E-state index contributed by atoms with van der Waals surface area (Å²) in [6.45, 7) is 7.22. The summed E-state index contributed by atoms with van der Waals surface area (Å²) in [5.41, 5.74) is 1.43. The molecule has 1 fully saturated rings. The van der Waals surface area contributed by atoms with Gasteiger partial charge >= 0.3 is 0 Å². The van der Waals surface area contributed by atoms with Crippen molar-refractivity contribution in [2.75, 3.05) is 19.6 Å². The molecule has 1 N–H and O–H groups in total. The molecule has 0 aliphatic carbocycles. The van der Waals surface area contributed by atoms with Gasteiger partial charge in [0.25, 0.3) is 5.91 Å². The summed E-state index contributed by atoms with van der Waals surface area (Å²) in [4.78, 5) is 17.2. The number of carbonyl (C=O) groups excluding carboxylic acids is 1. The molecule has 2 aromatic carbocycles. The van der Waals surface area contributed by atoms with Gasteiger partial charge in [-0.1, -0.05) is 38.1 Å². The van der Waals surface area contributed by atoms with Gasteiger partial charge in [0, 0.05) is 32.2 Å². The van der Waals surface area contributed by atoms with E-state index in [0.29, 0.717) is 24.6 Å². The maximum atomic E-state index is 13.2. The van der Waals surface area contributed by atoms with Crippen LogP contribution >= 0.6 is 0 Å². The lowest BCUT2D eigenvalue weighted by Crippen LogP contribution is -2.45. The van der Waals surface area contributed by atoms with E-state index in [0.717, 1.165) is 25.1 Å². The Morgan fingerprint density at radius 3 is 2.52 bits per heavy atom. The average Bonchev–Trinajstić information content (AvgIpc) is 2.86. The smallest absolute Gasteiger partial charge is 0.257 e. The minimum atomic E-state index is -0.227. The van der Waals surface area contributed by atoms with Crippen LogP contribution in [0.5, 0.6) is 5.75 Å². The Bertz CT molecular complexity index is 776. The number of aromatic hydroxyl groups is 1. The van der Waals surface area contributed by atoms with Gasteiger partial charge in [0.05, 0.1) is 5.56 Å². The highest BCUT2D eigenvalue weighted by atomic mass is 19.1. The minimum absolute atomic E-state index is 0.0241. The first kappa shape index (κ1) is 19.4. The lowest BCUT2D eigenvalue weighted by molar-refractivity contribution is 0.0699. The van der Waals surface area contributed by atoms with E-state index in [-0.39, 0.29) is 23.5 Å². The molecule has 1 aliphatic rings. The molecule has 1 saturated heterocycles. The molecule has 1 atom stereocenters. The van der Waals surface area contributed by atoms with Crippen molar-refractivity contribution in [2.24, 2.45) is 5.92 Å². The number of halogens is 1. The molecule has 0 radical (unpaired) electrons. The first-order valence-electron chi connectivity index (χ1n) is 9.51. The van der Waals surface area contributed by atoms with E-state index < -0.39 is 0 Å². The number of benzene rings is 2. The second-order valence-corrected chi connectivity index (χ2v) is 7.53. The van der Waals surface area contributed by atoms with Crippen LogP contribution in [0.1, 0.15) is 36.2 Å². The van der Waals surface area contributed by atoms with Crippen molar-refractivity contribution >= 4 is 5.91 Å². The Morgan fingerprint density at radius 1 is 1.15 bits per heavy atom. The van der Waals surface area contributed by atoms with Gasteiger partial charge in [0.2, 0.25) is 0 Å². The average molecular weight is 370 g/mol. The van der Waals surface area contributed by atoms with Crippen LogP contribution in [-0.4, -0.2) is 46.5 Å². The second-order valence-electron chi connectivity index (χ2n) is 7.53. The lowest BCUT2D eigenvalue weighted by Gasteiger charge is -2.34. The van der Waals surface area contributed by atoms with Gasteiger partial charge in [-0.25, -0.2) is 4.39 Å². The van der Waals surface area contributed by atoms with Crippen LogP contribution in [0.2, 0.25) is 0 Å². The van der Waals surface area contributed by atoms with Gasteiger partial charge in [-0.3, -0.25) is 9.69 Å². The molecule has 27 heavy (non-hydrogen) atoms. The molecule has 4 nitrogen and oxygen atoms in total. The molecule has 3 rings (SSSR count). The van der Waals surface area contributed by atoms with Crippen LogP contribution in [0.3, 0.4) is 0 Å². The predicted octanol–water partition coefficient (Wildman–Crippen LogP) is 3.90. The van der Waals surface area contributed by atoms with Crippen molar-refractivity contribution in [3.8, 4) is 5.75 Å². The Morgan fingerprint density at radius 2 is 1.85 bits per heavy atom. The Labute approximate surface area is 160 Å². The van der Waals surface area contributed by atoms with Gasteiger partial charge in [0.1, 0.15) is 11.6 Å². The highest BCUT2D eigenvalue weighted by Crippen LogP contribution is 2.23. The number of phenolic OH excluding ortho intramolecular Hbond substituents is 1. The van der Waals surface area contributed by atoms with Crippen molar-refractivity contribution in [1.82, 2.24) is 9.80 Å². The van der Waals surface area contributed by atoms with E-state index in [4.69, 9.17) is 0 Å². The van der Waals surface area contributed by atoms with E-state index in [1.54, 1.807) is 24.3 Å². The first-order chi connectivity index (χ1) is 13.0. The van der Waals surface area contributed by atoms with Crippen LogP contribution < -0.4 is 0 Å². The molecule has 5 heteroatoms. The first-order valence-corrected chi connectivity index (χ1v) is 9.51. The zero-order valence-electron chi connectivity index (χ0n) is 15.9. The Kier molecular flexibility index (Phi) is 6.11. The maximum Gasteiger partial charge on any atom is 0.257 e. The zero-order chi connectivity index (χ0) is 19.4. The summed E-state index contributed by atoms with van der Waals surface area (Å²) in [5.74, 6) is 0.0380. The summed E-state index contributed by atoms with van der Waals surface area (Å²) in [6.07, 6.45) is 0.865. The highest BCUT2D eigenvalue weighted by Gasteiger charge is 2.30. The fourth-order valence-corrected chi connectivity index (χ4v) is 3.73. The monoisotopic (exact) mass is 370 g/mol. The number of hydrogen-bond acceptors (Lipinski definition) is 3. The summed E-state index contributed by atoms with van der Waals surface area (Å²) < 4.78 is 13.2. The molecule has 144 valence electrons. The number of amides is 1. The molecule has 0 spiro atoms. The van der Waals surface area contributed by atoms with Gasteiger partial charge in [0.15, 0.2) is 0 Å². The molecular formula is C22H27FN2O2. The molecular weight excluding hydrogens is 343 g/mol. The molecule has 0 unspecified atom stereocenters. The third kappa shape index (κ3) is 4.66. The number of hydrogen-bond donors (Lipinski definition) is 1. The minimum Gasteiger partial charge on any atom is -0.507 e.